The lowest BCUT2D eigenvalue weighted by molar-refractivity contribution is -0.385. The molecule has 1 heterocycles. The fraction of sp³-hybridized carbons (Fsp3) is 0.455. The number of rotatable bonds is 3. The maximum atomic E-state index is 10.8. The molecule has 0 aromatic heterocycles. The molecule has 1 aromatic carbocycles. The molecule has 0 aliphatic carbocycles. The van der Waals surface area contributed by atoms with Crippen LogP contribution in [0.25, 0.3) is 0 Å². The van der Waals surface area contributed by atoms with E-state index in [1.54, 1.807) is 12.1 Å². The number of nitrogens with zero attached hydrogens (tertiary/aromatic N) is 2. The largest absolute Gasteiger partial charge is 0.389 e. The van der Waals surface area contributed by atoms with Gasteiger partial charge in [0.2, 0.25) is 0 Å². The van der Waals surface area contributed by atoms with Crippen molar-refractivity contribution in [1.82, 2.24) is 4.90 Å². The molecule has 0 saturated carbocycles. The van der Waals surface area contributed by atoms with Gasteiger partial charge in [0, 0.05) is 25.7 Å². The summed E-state index contributed by atoms with van der Waals surface area (Å²) in [5, 5.41) is 29.7. The van der Waals surface area contributed by atoms with Gasteiger partial charge in [-0.05, 0) is 21.5 Å². The molecular formula is C11H13BrN2O4. The summed E-state index contributed by atoms with van der Waals surface area (Å²) in [7, 11) is 0. The molecule has 98 valence electrons. The van der Waals surface area contributed by atoms with E-state index in [4.69, 9.17) is 0 Å². The van der Waals surface area contributed by atoms with Crippen LogP contribution in [-0.2, 0) is 6.54 Å². The lowest BCUT2D eigenvalue weighted by Crippen LogP contribution is -2.22. The number of hydrogen-bond acceptors (Lipinski definition) is 5. The number of nitro groups is 1. The summed E-state index contributed by atoms with van der Waals surface area (Å²) in [5.74, 6) is 0. The first kappa shape index (κ1) is 13.4. The molecule has 6 nitrogen and oxygen atoms in total. The summed E-state index contributed by atoms with van der Waals surface area (Å²) < 4.78 is 0.450. The summed E-state index contributed by atoms with van der Waals surface area (Å²) in [4.78, 5) is 12.2. The van der Waals surface area contributed by atoms with E-state index in [9.17, 15) is 20.3 Å². The second kappa shape index (κ2) is 5.31. The molecule has 2 unspecified atom stereocenters. The average Bonchev–Trinajstić information content (AvgIpc) is 2.60. The molecule has 1 fully saturated rings. The standard InChI is InChI=1S/C11H13BrN2O4/c12-11-7(2-1-3-8(11)14(17)18)4-13-5-9(15)10(16)6-13/h1-3,9-10,15-16H,4-6H2. The van der Waals surface area contributed by atoms with Crippen LogP contribution in [0.4, 0.5) is 5.69 Å². The fourth-order valence-electron chi connectivity index (χ4n) is 2.05. The van der Waals surface area contributed by atoms with Gasteiger partial charge in [-0.2, -0.15) is 0 Å². The molecule has 2 N–H and O–H groups in total. The van der Waals surface area contributed by atoms with Gasteiger partial charge in [0.25, 0.3) is 5.69 Å². The van der Waals surface area contributed by atoms with Gasteiger partial charge in [0.05, 0.1) is 21.6 Å². The number of likely N-dealkylation sites (tertiary alicyclic amines) is 1. The highest BCUT2D eigenvalue weighted by molar-refractivity contribution is 9.10. The van der Waals surface area contributed by atoms with Crippen LogP contribution in [-0.4, -0.2) is 45.3 Å². The van der Waals surface area contributed by atoms with Gasteiger partial charge in [0.15, 0.2) is 0 Å². The van der Waals surface area contributed by atoms with Crippen molar-refractivity contribution in [2.24, 2.45) is 0 Å². The van der Waals surface area contributed by atoms with Gasteiger partial charge in [-0.15, -0.1) is 0 Å². The fourth-order valence-corrected chi connectivity index (χ4v) is 2.58. The van der Waals surface area contributed by atoms with Crippen molar-refractivity contribution >= 4 is 21.6 Å². The zero-order valence-electron chi connectivity index (χ0n) is 9.49. The van der Waals surface area contributed by atoms with Crippen LogP contribution in [0.5, 0.6) is 0 Å². The second-order valence-electron chi connectivity index (χ2n) is 4.34. The minimum absolute atomic E-state index is 0.0211. The first-order chi connectivity index (χ1) is 8.49. The number of nitro benzene ring substituents is 1. The Morgan fingerprint density at radius 3 is 2.56 bits per heavy atom. The van der Waals surface area contributed by atoms with E-state index in [0.717, 1.165) is 5.56 Å². The average molecular weight is 317 g/mol. The summed E-state index contributed by atoms with van der Waals surface area (Å²) in [6.07, 6.45) is -1.50. The highest BCUT2D eigenvalue weighted by Crippen LogP contribution is 2.29. The van der Waals surface area contributed by atoms with Crippen molar-refractivity contribution in [3.05, 3.63) is 38.3 Å². The molecular weight excluding hydrogens is 304 g/mol. The van der Waals surface area contributed by atoms with Crippen molar-refractivity contribution in [1.29, 1.82) is 0 Å². The van der Waals surface area contributed by atoms with Crippen molar-refractivity contribution in [3.8, 4) is 0 Å². The van der Waals surface area contributed by atoms with Crippen LogP contribution in [0.15, 0.2) is 22.7 Å². The lowest BCUT2D eigenvalue weighted by atomic mass is 10.2. The zero-order chi connectivity index (χ0) is 13.3. The Morgan fingerprint density at radius 2 is 2.00 bits per heavy atom. The molecule has 7 heteroatoms. The summed E-state index contributed by atoms with van der Waals surface area (Å²) in [5.41, 5.74) is 0.790. The summed E-state index contributed by atoms with van der Waals surface area (Å²) in [6, 6.07) is 4.84. The number of β-amino-alcohol motifs (C(OH)–C–C–N with tert-alkyl or cyclic N) is 2. The van der Waals surface area contributed by atoms with Gasteiger partial charge in [-0.1, -0.05) is 12.1 Å². The third kappa shape index (κ3) is 2.69. The molecule has 0 amide bonds. The summed E-state index contributed by atoms with van der Waals surface area (Å²) >= 11 is 3.23. The van der Waals surface area contributed by atoms with Crippen LogP contribution in [0, 0.1) is 10.1 Å². The van der Waals surface area contributed by atoms with E-state index < -0.39 is 17.1 Å². The molecule has 0 spiro atoms. The molecule has 18 heavy (non-hydrogen) atoms. The molecule has 2 rings (SSSR count). The van der Waals surface area contributed by atoms with E-state index in [-0.39, 0.29) is 5.69 Å². The lowest BCUT2D eigenvalue weighted by Gasteiger charge is -2.15. The highest BCUT2D eigenvalue weighted by Gasteiger charge is 2.30. The molecule has 1 aromatic rings. The van der Waals surface area contributed by atoms with Crippen molar-refractivity contribution < 1.29 is 15.1 Å². The minimum atomic E-state index is -0.748. The Kier molecular flexibility index (Phi) is 3.96. The Balaban J connectivity index is 2.15. The highest BCUT2D eigenvalue weighted by atomic mass is 79.9. The number of aliphatic hydroxyl groups excluding tert-OH is 2. The van der Waals surface area contributed by atoms with E-state index in [1.165, 1.54) is 6.07 Å². The molecule has 1 aliphatic heterocycles. The predicted octanol–water partition coefficient (Wildman–Crippen LogP) is 0.895. The van der Waals surface area contributed by atoms with Gasteiger partial charge in [0.1, 0.15) is 0 Å². The third-order valence-electron chi connectivity index (χ3n) is 2.98. The smallest absolute Gasteiger partial charge is 0.283 e. The molecule has 1 aliphatic rings. The van der Waals surface area contributed by atoms with Crippen LogP contribution in [0.2, 0.25) is 0 Å². The number of hydrogen-bond donors (Lipinski definition) is 2. The Morgan fingerprint density at radius 1 is 1.39 bits per heavy atom. The Bertz CT molecular complexity index is 458. The number of aliphatic hydroxyl groups is 2. The van der Waals surface area contributed by atoms with Crippen LogP contribution in [0.3, 0.4) is 0 Å². The van der Waals surface area contributed by atoms with Crippen LogP contribution < -0.4 is 0 Å². The maximum absolute atomic E-state index is 10.8. The van der Waals surface area contributed by atoms with Gasteiger partial charge in [-0.25, -0.2) is 0 Å². The minimum Gasteiger partial charge on any atom is -0.389 e. The summed E-state index contributed by atoms with van der Waals surface area (Å²) in [6.45, 7) is 1.20. The zero-order valence-corrected chi connectivity index (χ0v) is 11.1. The topological polar surface area (TPSA) is 86.8 Å². The van der Waals surface area contributed by atoms with Crippen LogP contribution in [0.1, 0.15) is 5.56 Å². The SMILES string of the molecule is O=[N+]([O-])c1cccc(CN2CC(O)C(O)C2)c1Br. The molecule has 2 atom stereocenters. The molecule has 0 bridgehead atoms. The van der Waals surface area contributed by atoms with Gasteiger partial charge < -0.3 is 10.2 Å². The molecule has 1 saturated heterocycles. The van der Waals surface area contributed by atoms with E-state index in [1.807, 2.05) is 4.90 Å². The first-order valence-corrected chi connectivity index (χ1v) is 6.28. The monoisotopic (exact) mass is 316 g/mol. The van der Waals surface area contributed by atoms with Crippen molar-refractivity contribution in [2.75, 3.05) is 13.1 Å². The molecule has 0 radical (unpaired) electrons. The third-order valence-corrected chi connectivity index (χ3v) is 3.90. The van der Waals surface area contributed by atoms with Gasteiger partial charge in [-0.3, -0.25) is 15.0 Å². The number of halogens is 1. The van der Waals surface area contributed by atoms with Crippen molar-refractivity contribution in [2.45, 2.75) is 18.8 Å². The van der Waals surface area contributed by atoms with E-state index in [0.29, 0.717) is 24.1 Å². The van der Waals surface area contributed by atoms with E-state index in [2.05, 4.69) is 15.9 Å². The normalized spacial score (nSPS) is 24.4. The van der Waals surface area contributed by atoms with Crippen LogP contribution >= 0.6 is 15.9 Å². The predicted molar refractivity (Wildman–Crippen MR) is 68.1 cm³/mol. The quantitative estimate of drug-likeness (QED) is 0.639. The number of benzene rings is 1. The van der Waals surface area contributed by atoms with Crippen molar-refractivity contribution in [3.63, 3.8) is 0 Å². The van der Waals surface area contributed by atoms with E-state index >= 15 is 0 Å². The maximum Gasteiger partial charge on any atom is 0.283 e. The van der Waals surface area contributed by atoms with Gasteiger partial charge >= 0.3 is 0 Å². The first-order valence-electron chi connectivity index (χ1n) is 5.49. The second-order valence-corrected chi connectivity index (χ2v) is 5.13. The Labute approximate surface area is 112 Å². The Hall–Kier alpha value is -1.02.